The molecule has 2 aliphatic rings. The number of nitrogens with zero attached hydrogens (tertiary/aromatic N) is 2. The highest BCUT2D eigenvalue weighted by Gasteiger charge is 2.50. The van der Waals surface area contributed by atoms with E-state index < -0.39 is 30.4 Å². The van der Waals surface area contributed by atoms with Crippen LogP contribution in [0.3, 0.4) is 0 Å². The first-order chi connectivity index (χ1) is 9.97. The van der Waals surface area contributed by atoms with Crippen LogP contribution in [0.5, 0.6) is 0 Å². The molecule has 0 aromatic heterocycles. The van der Waals surface area contributed by atoms with Gasteiger partial charge in [-0.25, -0.2) is 0 Å². The van der Waals surface area contributed by atoms with E-state index in [1.807, 2.05) is 6.92 Å². The lowest BCUT2D eigenvalue weighted by Crippen LogP contribution is -2.63. The lowest BCUT2D eigenvalue weighted by Gasteiger charge is -2.42. The number of methoxy groups -OCH3 is 1. The van der Waals surface area contributed by atoms with Gasteiger partial charge in [0.15, 0.2) is 5.17 Å². The van der Waals surface area contributed by atoms with E-state index >= 15 is 0 Å². The Morgan fingerprint density at radius 3 is 2.86 bits per heavy atom. The fraction of sp³-hybridized carbons (Fsp3) is 0.833. The minimum atomic E-state index is -1.13. The van der Waals surface area contributed by atoms with Gasteiger partial charge in [0.1, 0.15) is 23.9 Å². The van der Waals surface area contributed by atoms with Crippen molar-refractivity contribution >= 4 is 22.9 Å². The Kier molecular flexibility index (Phi) is 5.44. The molecule has 8 nitrogen and oxygen atoms in total. The number of aliphatic hydroxyl groups excluding tert-OH is 2. The number of likely N-dealkylation sites (N-methyl/N-ethyl adjacent to an activating group) is 1. The summed E-state index contributed by atoms with van der Waals surface area (Å²) in [4.78, 5) is 17.1. The fourth-order valence-electron chi connectivity index (χ4n) is 2.34. The summed E-state index contributed by atoms with van der Waals surface area (Å²) in [5.74, 6) is -0.435. The van der Waals surface area contributed by atoms with Crippen molar-refractivity contribution in [1.29, 1.82) is 0 Å². The zero-order valence-electron chi connectivity index (χ0n) is 12.2. The number of hydrogen-bond acceptors (Lipinski definition) is 8. The summed E-state index contributed by atoms with van der Waals surface area (Å²) in [6.07, 6.45) is -2.92. The summed E-state index contributed by atoms with van der Waals surface area (Å²) < 4.78 is 10.4. The minimum absolute atomic E-state index is 0.0314. The van der Waals surface area contributed by atoms with Crippen LogP contribution < -0.4 is 5.32 Å². The summed E-state index contributed by atoms with van der Waals surface area (Å²) >= 11 is 1.37. The van der Waals surface area contributed by atoms with Crippen LogP contribution in [0, 0.1) is 0 Å². The zero-order valence-corrected chi connectivity index (χ0v) is 13.0. The molecule has 5 atom stereocenters. The first kappa shape index (κ1) is 16.5. The Balaban J connectivity index is 2.06. The molecular weight excluding hydrogens is 298 g/mol. The zero-order chi connectivity index (χ0) is 15.6. The topological polar surface area (TPSA) is 104 Å². The molecule has 0 aromatic rings. The molecule has 2 saturated heterocycles. The molecule has 21 heavy (non-hydrogen) atoms. The summed E-state index contributed by atoms with van der Waals surface area (Å²) in [7, 11) is 2.93. The van der Waals surface area contributed by atoms with Crippen LogP contribution in [-0.2, 0) is 14.3 Å². The van der Waals surface area contributed by atoms with Crippen LogP contribution >= 0.6 is 11.8 Å². The summed E-state index contributed by atoms with van der Waals surface area (Å²) in [6.45, 7) is 2.51. The van der Waals surface area contributed by atoms with Crippen LogP contribution in [0.25, 0.3) is 0 Å². The van der Waals surface area contributed by atoms with E-state index in [1.54, 1.807) is 7.05 Å². The number of nitrogens with one attached hydrogen (secondary N) is 1. The van der Waals surface area contributed by atoms with Gasteiger partial charge in [-0.1, -0.05) is 11.8 Å². The Labute approximate surface area is 127 Å². The van der Waals surface area contributed by atoms with Gasteiger partial charge in [-0.2, -0.15) is 0 Å². The molecule has 2 rings (SSSR count). The Morgan fingerprint density at radius 2 is 2.24 bits per heavy atom. The lowest BCUT2D eigenvalue weighted by atomic mass is 10.0. The van der Waals surface area contributed by atoms with E-state index in [4.69, 9.17) is 4.74 Å². The van der Waals surface area contributed by atoms with E-state index in [9.17, 15) is 15.0 Å². The maximum absolute atomic E-state index is 11.3. The van der Waals surface area contributed by atoms with Crippen LogP contribution in [0.2, 0.25) is 0 Å². The Hall–Kier alpha value is -0.870. The van der Waals surface area contributed by atoms with Gasteiger partial charge in [-0.3, -0.25) is 14.7 Å². The number of carbonyl (C=O) groups is 1. The molecule has 0 spiro atoms. The molecular formula is C12H21N3O5S. The monoisotopic (exact) mass is 319 g/mol. The summed E-state index contributed by atoms with van der Waals surface area (Å²) in [5, 5.41) is 24.2. The largest absolute Gasteiger partial charge is 0.468 e. The van der Waals surface area contributed by atoms with Gasteiger partial charge in [0.2, 0.25) is 0 Å². The first-order valence-corrected chi connectivity index (χ1v) is 7.62. The van der Waals surface area contributed by atoms with Crippen molar-refractivity contribution in [2.75, 3.05) is 27.2 Å². The number of rotatable bonds is 4. The maximum Gasteiger partial charge on any atom is 0.319 e. The molecule has 0 saturated carbocycles. The fourth-order valence-corrected chi connectivity index (χ4v) is 3.51. The quantitative estimate of drug-likeness (QED) is 0.542. The number of amidine groups is 1. The van der Waals surface area contributed by atoms with E-state index in [1.165, 1.54) is 23.8 Å². The van der Waals surface area contributed by atoms with Crippen LogP contribution in [0.15, 0.2) is 4.99 Å². The van der Waals surface area contributed by atoms with E-state index in [-0.39, 0.29) is 12.0 Å². The third kappa shape index (κ3) is 3.49. The molecule has 3 N–H and O–H groups in total. The van der Waals surface area contributed by atoms with Gasteiger partial charge >= 0.3 is 5.97 Å². The number of aliphatic hydroxyl groups is 2. The van der Waals surface area contributed by atoms with Crippen LogP contribution in [0.4, 0.5) is 0 Å². The van der Waals surface area contributed by atoms with E-state index in [0.29, 0.717) is 11.7 Å². The molecule has 0 aliphatic carbocycles. The molecule has 2 aliphatic heterocycles. The first-order valence-electron chi connectivity index (χ1n) is 6.74. The third-order valence-corrected chi connectivity index (χ3v) is 4.54. The normalized spacial score (nSPS) is 37.4. The number of thioether (sulfide) groups is 1. The third-order valence-electron chi connectivity index (χ3n) is 3.44. The minimum Gasteiger partial charge on any atom is -0.468 e. The van der Waals surface area contributed by atoms with E-state index in [2.05, 4.69) is 15.0 Å². The average Bonchev–Trinajstić information content (AvgIpc) is 2.86. The van der Waals surface area contributed by atoms with E-state index in [0.717, 1.165) is 0 Å². The second-order valence-corrected chi connectivity index (χ2v) is 6.02. The molecule has 2 heterocycles. The van der Waals surface area contributed by atoms with Gasteiger partial charge in [0, 0.05) is 6.54 Å². The molecule has 0 aromatic carbocycles. The maximum atomic E-state index is 11.3. The number of esters is 1. The predicted octanol–water partition coefficient (Wildman–Crippen LogP) is -1.42. The molecule has 2 fully saturated rings. The molecule has 0 unspecified atom stereocenters. The Morgan fingerprint density at radius 1 is 1.52 bits per heavy atom. The molecule has 0 bridgehead atoms. The molecule has 0 radical (unpaired) electrons. The lowest BCUT2D eigenvalue weighted by molar-refractivity contribution is -0.205. The van der Waals surface area contributed by atoms with Crippen molar-refractivity contribution in [2.45, 2.75) is 36.8 Å². The van der Waals surface area contributed by atoms with Crippen LogP contribution in [-0.4, -0.2) is 83.4 Å². The van der Waals surface area contributed by atoms with Gasteiger partial charge < -0.3 is 25.0 Å². The SMILES string of the molecule is CCN=C1N[C@@H]2[C@@H](O)[C@H](O)[C@H](N(C)CC(=O)OC)O[C@@H]2S1. The number of aliphatic imine (C=N–C) groups is 1. The molecule has 9 heteroatoms. The van der Waals surface area contributed by atoms with Crippen molar-refractivity contribution in [3.8, 4) is 0 Å². The van der Waals surface area contributed by atoms with Gasteiger partial charge in [0.05, 0.1) is 19.7 Å². The molecule has 0 amide bonds. The highest BCUT2D eigenvalue weighted by Crippen LogP contribution is 2.34. The highest BCUT2D eigenvalue weighted by atomic mass is 32.2. The summed E-state index contributed by atoms with van der Waals surface area (Å²) in [6, 6.07) is -0.418. The van der Waals surface area contributed by atoms with Crippen molar-refractivity contribution in [2.24, 2.45) is 4.99 Å². The van der Waals surface area contributed by atoms with Crippen molar-refractivity contribution in [1.82, 2.24) is 10.2 Å². The van der Waals surface area contributed by atoms with Crippen molar-refractivity contribution in [3.63, 3.8) is 0 Å². The summed E-state index contributed by atoms with van der Waals surface area (Å²) in [5.41, 5.74) is -0.362. The second kappa shape index (κ2) is 6.93. The smallest absolute Gasteiger partial charge is 0.319 e. The van der Waals surface area contributed by atoms with Gasteiger partial charge in [-0.15, -0.1) is 0 Å². The Bertz CT molecular complexity index is 422. The number of hydrogen-bond donors (Lipinski definition) is 3. The number of ether oxygens (including phenoxy) is 2. The highest BCUT2D eigenvalue weighted by molar-refractivity contribution is 8.14. The van der Waals surface area contributed by atoms with Crippen LogP contribution in [0.1, 0.15) is 6.92 Å². The molecule has 120 valence electrons. The standard InChI is InChI=1S/C12H21N3O5S/c1-4-13-12-14-7-8(17)9(18)10(20-11(7)21-12)15(2)5-6(16)19-3/h7-11,17-18H,4-5H2,1-3H3,(H,13,14)/t7-,8-,9+,10-,11-/m1/s1. The average molecular weight is 319 g/mol. The van der Waals surface area contributed by atoms with Gasteiger partial charge in [-0.05, 0) is 14.0 Å². The van der Waals surface area contributed by atoms with Crippen molar-refractivity contribution < 1.29 is 24.5 Å². The van der Waals surface area contributed by atoms with Crippen molar-refractivity contribution in [3.05, 3.63) is 0 Å². The number of carbonyl (C=O) groups excluding carboxylic acids is 1. The second-order valence-electron chi connectivity index (χ2n) is 4.93. The predicted molar refractivity (Wildman–Crippen MR) is 77.8 cm³/mol. The number of fused-ring (bicyclic) bond motifs is 1. The van der Waals surface area contributed by atoms with Gasteiger partial charge in [0.25, 0.3) is 0 Å².